The van der Waals surface area contributed by atoms with Crippen LogP contribution in [0.4, 0.5) is 0 Å². The highest BCUT2D eigenvalue weighted by Gasteiger charge is 2.34. The maximum atomic E-state index is 12.8. The van der Waals surface area contributed by atoms with Gasteiger partial charge in [-0.1, -0.05) is 42.5 Å². The summed E-state index contributed by atoms with van der Waals surface area (Å²) in [5, 5.41) is 2.89. The lowest BCUT2D eigenvalue weighted by Crippen LogP contribution is -2.47. The fourth-order valence-corrected chi connectivity index (χ4v) is 5.62. The highest BCUT2D eigenvalue weighted by molar-refractivity contribution is 7.89. The number of sulfonamides is 1. The fourth-order valence-electron chi connectivity index (χ4n) is 4.19. The van der Waals surface area contributed by atoms with Gasteiger partial charge in [0.2, 0.25) is 21.8 Å². The van der Waals surface area contributed by atoms with Crippen LogP contribution < -0.4 is 5.32 Å². The molecule has 176 valence electrons. The molecule has 0 aromatic heterocycles. The number of rotatable bonds is 7. The van der Waals surface area contributed by atoms with Crippen LogP contribution in [0.25, 0.3) is 0 Å². The minimum atomic E-state index is -3.51. The van der Waals surface area contributed by atoms with Crippen molar-refractivity contribution < 1.29 is 18.0 Å². The second-order valence-corrected chi connectivity index (χ2v) is 10.7. The van der Waals surface area contributed by atoms with E-state index < -0.39 is 10.0 Å². The van der Waals surface area contributed by atoms with Crippen molar-refractivity contribution in [1.82, 2.24) is 19.4 Å². The quantitative estimate of drug-likeness (QED) is 0.659. The van der Waals surface area contributed by atoms with Crippen LogP contribution in [0.15, 0.2) is 59.5 Å². The van der Waals surface area contributed by atoms with E-state index >= 15 is 0 Å². The molecule has 1 atom stereocenters. The minimum absolute atomic E-state index is 0.0162. The fraction of sp³-hybridized carbons (Fsp3) is 0.417. The van der Waals surface area contributed by atoms with Gasteiger partial charge in [-0.25, -0.2) is 8.42 Å². The maximum absolute atomic E-state index is 12.8. The molecule has 0 saturated carbocycles. The molecule has 2 aromatic carbocycles. The molecular weight excluding hydrogens is 440 g/mol. The molecule has 0 bridgehead atoms. The van der Waals surface area contributed by atoms with Crippen molar-refractivity contribution >= 4 is 21.8 Å². The van der Waals surface area contributed by atoms with E-state index in [0.717, 1.165) is 24.2 Å². The summed E-state index contributed by atoms with van der Waals surface area (Å²) >= 11 is 0. The normalized spacial score (nSPS) is 20.2. The van der Waals surface area contributed by atoms with E-state index in [-0.39, 0.29) is 35.6 Å². The number of carbonyl (C=O) groups excluding carboxylic acids is 2. The van der Waals surface area contributed by atoms with Crippen LogP contribution >= 0.6 is 0 Å². The maximum Gasteiger partial charge on any atom is 0.243 e. The van der Waals surface area contributed by atoms with Crippen molar-refractivity contribution in [3.63, 3.8) is 0 Å². The lowest BCUT2D eigenvalue weighted by atomic mass is 10.1. The molecule has 4 rings (SSSR count). The number of hydrogen-bond acceptors (Lipinski definition) is 5. The predicted molar refractivity (Wildman–Crippen MR) is 125 cm³/mol. The number of amides is 2. The SMILES string of the molecule is CN1CCN(S(=O)(=O)c2ccc(CNC(=O)C3CC(=O)N(Cc4ccccc4)C3)cc2)CC1. The van der Waals surface area contributed by atoms with Crippen molar-refractivity contribution in [2.75, 3.05) is 39.8 Å². The number of benzene rings is 2. The molecule has 0 spiro atoms. The van der Waals surface area contributed by atoms with Crippen molar-refractivity contribution in [3.05, 3.63) is 65.7 Å². The van der Waals surface area contributed by atoms with Gasteiger partial charge in [-0.15, -0.1) is 0 Å². The van der Waals surface area contributed by atoms with Crippen LogP contribution in [0.5, 0.6) is 0 Å². The molecule has 2 heterocycles. The molecule has 1 unspecified atom stereocenters. The Balaban J connectivity index is 1.29. The number of piperazine rings is 1. The van der Waals surface area contributed by atoms with Crippen LogP contribution in [0.2, 0.25) is 0 Å². The highest BCUT2D eigenvalue weighted by atomic mass is 32.2. The summed E-state index contributed by atoms with van der Waals surface area (Å²) in [6, 6.07) is 16.4. The van der Waals surface area contributed by atoms with Crippen LogP contribution in [0.1, 0.15) is 17.5 Å². The van der Waals surface area contributed by atoms with Crippen molar-refractivity contribution in [2.45, 2.75) is 24.4 Å². The van der Waals surface area contributed by atoms with E-state index in [1.54, 1.807) is 29.2 Å². The lowest BCUT2D eigenvalue weighted by Gasteiger charge is -2.31. The Kier molecular flexibility index (Phi) is 7.11. The average Bonchev–Trinajstić information content (AvgIpc) is 3.19. The number of nitrogens with zero attached hydrogens (tertiary/aromatic N) is 3. The van der Waals surface area contributed by atoms with Gasteiger partial charge in [-0.3, -0.25) is 9.59 Å². The van der Waals surface area contributed by atoms with E-state index in [2.05, 4.69) is 10.2 Å². The van der Waals surface area contributed by atoms with Crippen molar-refractivity contribution in [2.24, 2.45) is 5.92 Å². The summed E-state index contributed by atoms with van der Waals surface area (Å²) in [7, 11) is -1.53. The van der Waals surface area contributed by atoms with E-state index in [9.17, 15) is 18.0 Å². The number of likely N-dealkylation sites (N-methyl/N-ethyl adjacent to an activating group) is 1. The predicted octanol–water partition coefficient (Wildman–Crippen LogP) is 1.29. The molecule has 2 aliphatic rings. The third-order valence-electron chi connectivity index (χ3n) is 6.29. The first-order valence-corrected chi connectivity index (χ1v) is 12.6. The second kappa shape index (κ2) is 10.0. The standard InChI is InChI=1S/C24H30N4O4S/c1-26-11-13-28(14-12-26)33(31,32)22-9-7-19(8-10-22)16-25-24(30)21-15-23(29)27(18-21)17-20-5-3-2-4-6-20/h2-10,21H,11-18H2,1H3,(H,25,30). The van der Waals surface area contributed by atoms with Gasteiger partial charge < -0.3 is 15.1 Å². The van der Waals surface area contributed by atoms with Gasteiger partial charge >= 0.3 is 0 Å². The summed E-state index contributed by atoms with van der Waals surface area (Å²) in [5.41, 5.74) is 1.85. The Morgan fingerprint density at radius 2 is 1.64 bits per heavy atom. The molecule has 0 radical (unpaired) electrons. The summed E-state index contributed by atoms with van der Waals surface area (Å²) in [6.45, 7) is 3.60. The number of nitrogens with one attached hydrogen (secondary N) is 1. The van der Waals surface area contributed by atoms with Gasteiger partial charge in [0.15, 0.2) is 0 Å². The molecule has 2 fully saturated rings. The van der Waals surface area contributed by atoms with Gasteiger partial charge in [-0.2, -0.15) is 4.31 Å². The molecule has 2 aromatic rings. The molecule has 0 aliphatic carbocycles. The first-order chi connectivity index (χ1) is 15.8. The Morgan fingerprint density at radius 3 is 2.30 bits per heavy atom. The molecular formula is C24H30N4O4S. The minimum Gasteiger partial charge on any atom is -0.352 e. The molecule has 33 heavy (non-hydrogen) atoms. The Morgan fingerprint density at radius 1 is 0.970 bits per heavy atom. The number of hydrogen-bond donors (Lipinski definition) is 1. The van der Waals surface area contributed by atoms with Crippen LogP contribution in [-0.2, 0) is 32.7 Å². The first kappa shape index (κ1) is 23.4. The van der Waals surface area contributed by atoms with Gasteiger partial charge in [0, 0.05) is 52.2 Å². The van der Waals surface area contributed by atoms with Gasteiger partial charge in [-0.05, 0) is 30.3 Å². The lowest BCUT2D eigenvalue weighted by molar-refractivity contribution is -0.129. The monoisotopic (exact) mass is 470 g/mol. The summed E-state index contributed by atoms with van der Waals surface area (Å²) in [5.74, 6) is -0.552. The smallest absolute Gasteiger partial charge is 0.243 e. The van der Waals surface area contributed by atoms with Crippen LogP contribution in [0, 0.1) is 5.92 Å². The van der Waals surface area contributed by atoms with Crippen LogP contribution in [0.3, 0.4) is 0 Å². The van der Waals surface area contributed by atoms with Crippen LogP contribution in [-0.4, -0.2) is 74.1 Å². The number of likely N-dealkylation sites (tertiary alicyclic amines) is 1. The zero-order valence-electron chi connectivity index (χ0n) is 18.8. The average molecular weight is 471 g/mol. The van der Waals surface area contributed by atoms with Crippen molar-refractivity contribution in [3.8, 4) is 0 Å². The van der Waals surface area contributed by atoms with E-state index in [4.69, 9.17) is 0 Å². The Labute approximate surface area is 195 Å². The first-order valence-electron chi connectivity index (χ1n) is 11.2. The zero-order chi connectivity index (χ0) is 23.4. The zero-order valence-corrected chi connectivity index (χ0v) is 19.6. The van der Waals surface area contributed by atoms with E-state index in [1.165, 1.54) is 4.31 Å². The third-order valence-corrected chi connectivity index (χ3v) is 8.20. The largest absolute Gasteiger partial charge is 0.352 e. The topological polar surface area (TPSA) is 90.0 Å². The number of carbonyl (C=O) groups is 2. The molecule has 2 saturated heterocycles. The van der Waals surface area contributed by atoms with Gasteiger partial charge in [0.1, 0.15) is 0 Å². The van der Waals surface area contributed by atoms with Crippen molar-refractivity contribution in [1.29, 1.82) is 0 Å². The molecule has 2 amide bonds. The molecule has 2 aliphatic heterocycles. The summed E-state index contributed by atoms with van der Waals surface area (Å²) in [4.78, 5) is 29.0. The van der Waals surface area contributed by atoms with E-state index in [0.29, 0.717) is 26.2 Å². The highest BCUT2D eigenvalue weighted by Crippen LogP contribution is 2.21. The molecule has 8 nitrogen and oxygen atoms in total. The van der Waals surface area contributed by atoms with Gasteiger partial charge in [0.25, 0.3) is 0 Å². The Hall–Kier alpha value is -2.75. The molecule has 9 heteroatoms. The van der Waals surface area contributed by atoms with E-state index in [1.807, 2.05) is 37.4 Å². The second-order valence-electron chi connectivity index (χ2n) is 8.73. The molecule has 1 N–H and O–H groups in total. The summed E-state index contributed by atoms with van der Waals surface area (Å²) < 4.78 is 27.2. The Bertz CT molecular complexity index is 1080. The summed E-state index contributed by atoms with van der Waals surface area (Å²) in [6.07, 6.45) is 0.209. The van der Waals surface area contributed by atoms with Gasteiger partial charge in [0.05, 0.1) is 10.8 Å². The third kappa shape index (κ3) is 5.61.